The normalized spacial score (nSPS) is 20.3. The average Bonchev–Trinajstić information content (AvgIpc) is 2.68. The van der Waals surface area contributed by atoms with Gasteiger partial charge in [0.05, 0.1) is 0 Å². The molecule has 0 radical (unpaired) electrons. The molecule has 0 bridgehead atoms. The first-order chi connectivity index (χ1) is 12.3. The molecule has 2 N–H and O–H groups in total. The summed E-state index contributed by atoms with van der Waals surface area (Å²) in [6.45, 7) is 5.68. The van der Waals surface area contributed by atoms with Crippen molar-refractivity contribution >= 4 is 29.9 Å². The van der Waals surface area contributed by atoms with Gasteiger partial charge in [0.2, 0.25) is 0 Å². The predicted octanol–water partition coefficient (Wildman–Crippen LogP) is 4.56. The van der Waals surface area contributed by atoms with Crippen molar-refractivity contribution in [3.63, 3.8) is 0 Å². The van der Waals surface area contributed by atoms with E-state index in [1.54, 1.807) is 0 Å². The highest BCUT2D eigenvalue weighted by molar-refractivity contribution is 14.0. The Kier molecular flexibility index (Phi) is 12.7. The molecule has 0 saturated heterocycles. The van der Waals surface area contributed by atoms with E-state index in [9.17, 15) is 0 Å². The minimum absolute atomic E-state index is 0. The molecule has 0 aromatic heterocycles. The molecule has 0 unspecified atom stereocenters. The maximum Gasteiger partial charge on any atom is 0.190 e. The van der Waals surface area contributed by atoms with Gasteiger partial charge in [0.25, 0.3) is 0 Å². The van der Waals surface area contributed by atoms with Crippen molar-refractivity contribution < 1.29 is 4.74 Å². The molecular formula is C21H36IN3O. The summed E-state index contributed by atoms with van der Waals surface area (Å²) in [5, 5.41) is 6.91. The van der Waals surface area contributed by atoms with E-state index in [1.807, 2.05) is 14.0 Å². The fourth-order valence-corrected chi connectivity index (χ4v) is 3.57. The second-order valence-corrected chi connectivity index (χ2v) is 6.91. The van der Waals surface area contributed by atoms with E-state index in [0.717, 1.165) is 56.9 Å². The zero-order valence-corrected chi connectivity index (χ0v) is 18.7. The van der Waals surface area contributed by atoms with Gasteiger partial charge < -0.3 is 15.4 Å². The zero-order valence-electron chi connectivity index (χ0n) is 16.4. The fourth-order valence-electron chi connectivity index (χ4n) is 3.57. The van der Waals surface area contributed by atoms with Crippen molar-refractivity contribution in [2.45, 2.75) is 51.4 Å². The van der Waals surface area contributed by atoms with Gasteiger partial charge in [-0.1, -0.05) is 30.3 Å². The lowest BCUT2D eigenvalue weighted by Gasteiger charge is -2.29. The average molecular weight is 473 g/mol. The second-order valence-electron chi connectivity index (χ2n) is 6.91. The Balaban J connectivity index is 0.00000338. The quantitative estimate of drug-likeness (QED) is 0.239. The highest BCUT2D eigenvalue weighted by Gasteiger charge is 2.22. The number of unbranched alkanes of at least 4 members (excludes halogenated alkanes) is 1. The van der Waals surface area contributed by atoms with E-state index in [0.29, 0.717) is 0 Å². The standard InChI is InChI=1S/C21H35N3O.HI/c1-3-25-16-8-7-15-23-21(22-2)24-17-18-11-13-20(14-12-18)19-9-5-4-6-10-19;/h4-6,9-10,18,20H,3,7-8,11-17H2,1-2H3,(H2,22,23,24);1H. The van der Waals surface area contributed by atoms with Crippen molar-refractivity contribution in [1.82, 2.24) is 10.6 Å². The Bertz CT molecular complexity index is 487. The van der Waals surface area contributed by atoms with Gasteiger partial charge in [-0.15, -0.1) is 24.0 Å². The van der Waals surface area contributed by atoms with Crippen molar-refractivity contribution in [2.75, 3.05) is 33.4 Å². The van der Waals surface area contributed by atoms with Crippen molar-refractivity contribution in [2.24, 2.45) is 10.9 Å². The predicted molar refractivity (Wildman–Crippen MR) is 122 cm³/mol. The van der Waals surface area contributed by atoms with Crippen LogP contribution >= 0.6 is 24.0 Å². The van der Waals surface area contributed by atoms with Crippen LogP contribution in [0.4, 0.5) is 0 Å². The molecule has 1 aromatic carbocycles. The molecule has 0 heterocycles. The molecule has 5 heteroatoms. The van der Waals surface area contributed by atoms with E-state index in [1.165, 1.54) is 31.2 Å². The van der Waals surface area contributed by atoms with Crippen LogP contribution in [0.15, 0.2) is 35.3 Å². The van der Waals surface area contributed by atoms with Gasteiger partial charge in [-0.25, -0.2) is 0 Å². The third-order valence-electron chi connectivity index (χ3n) is 5.11. The highest BCUT2D eigenvalue weighted by Crippen LogP contribution is 2.35. The van der Waals surface area contributed by atoms with Gasteiger partial charge in [0.15, 0.2) is 5.96 Å². The molecule has 0 atom stereocenters. The number of rotatable bonds is 9. The Morgan fingerprint density at radius 3 is 2.46 bits per heavy atom. The molecule has 0 aliphatic heterocycles. The second kappa shape index (κ2) is 14.3. The maximum atomic E-state index is 5.36. The number of aliphatic imine (C=N–C) groups is 1. The molecule has 148 valence electrons. The molecular weight excluding hydrogens is 437 g/mol. The van der Waals surface area contributed by atoms with Crippen LogP contribution in [0.1, 0.15) is 56.9 Å². The van der Waals surface area contributed by atoms with Crippen LogP contribution in [-0.4, -0.2) is 39.3 Å². The molecule has 26 heavy (non-hydrogen) atoms. The molecule has 0 spiro atoms. The van der Waals surface area contributed by atoms with E-state index in [2.05, 4.69) is 46.0 Å². The maximum absolute atomic E-state index is 5.36. The lowest BCUT2D eigenvalue weighted by molar-refractivity contribution is 0.143. The highest BCUT2D eigenvalue weighted by atomic mass is 127. The van der Waals surface area contributed by atoms with Gasteiger partial charge >= 0.3 is 0 Å². The zero-order chi connectivity index (χ0) is 17.7. The molecule has 1 saturated carbocycles. The van der Waals surface area contributed by atoms with Gasteiger partial charge in [-0.05, 0) is 62.8 Å². The first-order valence-corrected chi connectivity index (χ1v) is 9.90. The van der Waals surface area contributed by atoms with Crippen LogP contribution in [0.5, 0.6) is 0 Å². The number of nitrogens with zero attached hydrogens (tertiary/aromatic N) is 1. The monoisotopic (exact) mass is 473 g/mol. The summed E-state index contributed by atoms with van der Waals surface area (Å²) >= 11 is 0. The van der Waals surface area contributed by atoms with Crippen LogP contribution in [0.25, 0.3) is 0 Å². The number of hydrogen-bond acceptors (Lipinski definition) is 2. The first kappa shape index (κ1) is 23.2. The van der Waals surface area contributed by atoms with Crippen molar-refractivity contribution in [3.8, 4) is 0 Å². The number of ether oxygens (including phenoxy) is 1. The number of hydrogen-bond donors (Lipinski definition) is 2. The van der Waals surface area contributed by atoms with Gasteiger partial charge in [-0.3, -0.25) is 4.99 Å². The first-order valence-electron chi connectivity index (χ1n) is 9.90. The van der Waals surface area contributed by atoms with Crippen molar-refractivity contribution in [3.05, 3.63) is 35.9 Å². The summed E-state index contributed by atoms with van der Waals surface area (Å²) in [6, 6.07) is 11.0. The lowest BCUT2D eigenvalue weighted by Crippen LogP contribution is -2.40. The minimum atomic E-state index is 0. The molecule has 2 rings (SSSR count). The summed E-state index contributed by atoms with van der Waals surface area (Å²) in [5.41, 5.74) is 1.51. The molecule has 4 nitrogen and oxygen atoms in total. The van der Waals surface area contributed by atoms with Crippen LogP contribution in [0.3, 0.4) is 0 Å². The Labute approximate surface area is 176 Å². The van der Waals surface area contributed by atoms with Gasteiger partial charge in [0.1, 0.15) is 0 Å². The van der Waals surface area contributed by atoms with E-state index < -0.39 is 0 Å². The minimum Gasteiger partial charge on any atom is -0.382 e. The Morgan fingerprint density at radius 1 is 1.08 bits per heavy atom. The van der Waals surface area contributed by atoms with Crippen molar-refractivity contribution in [1.29, 1.82) is 0 Å². The van der Waals surface area contributed by atoms with Gasteiger partial charge in [0, 0.05) is 33.4 Å². The number of guanidine groups is 1. The molecule has 1 fully saturated rings. The van der Waals surface area contributed by atoms with Crippen LogP contribution in [-0.2, 0) is 4.74 Å². The third-order valence-corrected chi connectivity index (χ3v) is 5.11. The molecule has 1 aromatic rings. The molecule has 0 amide bonds. The summed E-state index contributed by atoms with van der Waals surface area (Å²) < 4.78 is 5.36. The molecule has 1 aliphatic rings. The molecule has 1 aliphatic carbocycles. The topological polar surface area (TPSA) is 45.6 Å². The van der Waals surface area contributed by atoms with Crippen LogP contribution < -0.4 is 10.6 Å². The van der Waals surface area contributed by atoms with E-state index in [-0.39, 0.29) is 24.0 Å². The van der Waals surface area contributed by atoms with Crippen LogP contribution in [0, 0.1) is 5.92 Å². The Hall–Kier alpha value is -0.820. The summed E-state index contributed by atoms with van der Waals surface area (Å²) in [6.07, 6.45) is 7.43. The SMILES string of the molecule is CCOCCCCNC(=NC)NCC1CCC(c2ccccc2)CC1.I. The van der Waals surface area contributed by atoms with Gasteiger partial charge in [-0.2, -0.15) is 0 Å². The third kappa shape index (κ3) is 8.71. The van der Waals surface area contributed by atoms with Crippen LogP contribution in [0.2, 0.25) is 0 Å². The number of benzene rings is 1. The van der Waals surface area contributed by atoms with E-state index >= 15 is 0 Å². The summed E-state index contributed by atoms with van der Waals surface area (Å²) in [5.74, 6) is 2.44. The Morgan fingerprint density at radius 2 is 1.81 bits per heavy atom. The summed E-state index contributed by atoms with van der Waals surface area (Å²) in [7, 11) is 1.85. The number of nitrogens with one attached hydrogen (secondary N) is 2. The lowest BCUT2D eigenvalue weighted by atomic mass is 9.79. The largest absolute Gasteiger partial charge is 0.382 e. The smallest absolute Gasteiger partial charge is 0.190 e. The number of halogens is 1. The van der Waals surface area contributed by atoms with E-state index in [4.69, 9.17) is 4.74 Å². The fraction of sp³-hybridized carbons (Fsp3) is 0.667. The summed E-state index contributed by atoms with van der Waals surface area (Å²) in [4.78, 5) is 4.33.